The lowest BCUT2D eigenvalue weighted by atomic mass is 9.81. The number of aryl methyl sites for hydroxylation is 1. The van der Waals surface area contributed by atoms with Crippen molar-refractivity contribution in [3.05, 3.63) is 53.6 Å². The van der Waals surface area contributed by atoms with Crippen molar-refractivity contribution < 1.29 is 13.9 Å². The molecule has 0 saturated heterocycles. The summed E-state index contributed by atoms with van der Waals surface area (Å²) in [6.45, 7) is 2.17. The van der Waals surface area contributed by atoms with Crippen LogP contribution in [0.3, 0.4) is 0 Å². The predicted molar refractivity (Wildman–Crippen MR) is 98.5 cm³/mol. The Morgan fingerprint density at radius 2 is 1.64 bits per heavy atom. The molecule has 0 heterocycles. The molecule has 25 heavy (non-hydrogen) atoms. The second-order valence-electron chi connectivity index (χ2n) is 7.14. The highest BCUT2D eigenvalue weighted by Gasteiger charge is 2.31. The summed E-state index contributed by atoms with van der Waals surface area (Å²) in [7, 11) is 0. The molecule has 2 aromatic rings. The summed E-state index contributed by atoms with van der Waals surface area (Å²) >= 11 is 0. The Hall–Kier alpha value is -1.90. The van der Waals surface area contributed by atoms with E-state index in [1.807, 2.05) is 24.3 Å². The maximum atomic E-state index is 13.7. The first-order valence-electron chi connectivity index (χ1n) is 9.27. The number of rotatable bonds is 5. The van der Waals surface area contributed by atoms with Gasteiger partial charge in [0.1, 0.15) is 18.1 Å². The largest absolute Gasteiger partial charge is 0.507 e. The summed E-state index contributed by atoms with van der Waals surface area (Å²) in [5.74, 6) is -0.0994. The van der Waals surface area contributed by atoms with Crippen LogP contribution >= 0.6 is 0 Å². The molecule has 0 bridgehead atoms. The summed E-state index contributed by atoms with van der Waals surface area (Å²) in [6, 6.07) is 13.7. The van der Waals surface area contributed by atoms with Crippen LogP contribution < -0.4 is 0 Å². The van der Waals surface area contributed by atoms with E-state index >= 15 is 0 Å². The number of para-hydroxylation sites is 1. The summed E-state index contributed by atoms with van der Waals surface area (Å²) < 4.78 is 27.5. The average Bonchev–Trinajstić information content (AvgIpc) is 2.60. The molecule has 3 heteroatoms. The Labute approximate surface area is 148 Å². The monoisotopic (exact) mass is 344 g/mol. The third-order valence-electron chi connectivity index (χ3n) is 5.18. The molecule has 0 spiro atoms. The van der Waals surface area contributed by atoms with E-state index in [0.29, 0.717) is 5.56 Å². The molecule has 2 atom stereocenters. The lowest BCUT2D eigenvalue weighted by Gasteiger charge is -2.28. The van der Waals surface area contributed by atoms with E-state index in [0.717, 1.165) is 30.4 Å². The standard InChI is InChI=1S/C22H26F2O/c1-2-3-5-15-8-10-16(11-9-15)20-6-4-7-21(22(20)25)17-12-18(23)14-19(24)13-17/h4,6-11,17-19,25H,2-3,5,12-14H2,1H3. The van der Waals surface area contributed by atoms with Gasteiger partial charge in [0.25, 0.3) is 0 Å². The second-order valence-corrected chi connectivity index (χ2v) is 7.14. The zero-order chi connectivity index (χ0) is 17.8. The first-order valence-corrected chi connectivity index (χ1v) is 9.27. The Bertz CT molecular complexity index is 686. The van der Waals surface area contributed by atoms with E-state index in [4.69, 9.17) is 0 Å². The van der Waals surface area contributed by atoms with Crippen molar-refractivity contribution in [3.63, 3.8) is 0 Å². The Balaban J connectivity index is 1.85. The molecule has 1 aliphatic carbocycles. The van der Waals surface area contributed by atoms with Gasteiger partial charge in [0.15, 0.2) is 0 Å². The predicted octanol–water partition coefficient (Wildman–Crippen LogP) is 6.35. The van der Waals surface area contributed by atoms with Crippen molar-refractivity contribution in [1.29, 1.82) is 0 Å². The molecule has 1 aliphatic rings. The molecule has 1 saturated carbocycles. The van der Waals surface area contributed by atoms with E-state index in [9.17, 15) is 13.9 Å². The van der Waals surface area contributed by atoms with Gasteiger partial charge in [0.05, 0.1) is 0 Å². The number of hydrogen-bond donors (Lipinski definition) is 1. The SMILES string of the molecule is CCCCc1ccc(-c2cccc(C3CC(F)CC(F)C3)c2O)cc1. The highest BCUT2D eigenvalue weighted by molar-refractivity contribution is 5.72. The third kappa shape index (κ3) is 4.20. The lowest BCUT2D eigenvalue weighted by molar-refractivity contribution is 0.141. The highest BCUT2D eigenvalue weighted by atomic mass is 19.1. The van der Waals surface area contributed by atoms with Crippen molar-refractivity contribution in [2.45, 2.75) is 63.7 Å². The fourth-order valence-electron chi connectivity index (χ4n) is 3.79. The van der Waals surface area contributed by atoms with Gasteiger partial charge < -0.3 is 5.11 Å². The maximum Gasteiger partial charge on any atom is 0.126 e. The Kier molecular flexibility index (Phi) is 5.72. The van der Waals surface area contributed by atoms with Crippen molar-refractivity contribution in [2.75, 3.05) is 0 Å². The van der Waals surface area contributed by atoms with Gasteiger partial charge in [0, 0.05) is 12.0 Å². The number of halogens is 2. The first kappa shape index (κ1) is 17.9. The maximum absolute atomic E-state index is 13.7. The number of phenols is 1. The lowest BCUT2D eigenvalue weighted by Crippen LogP contribution is -2.23. The zero-order valence-electron chi connectivity index (χ0n) is 14.7. The number of phenolic OH excluding ortho intramolecular Hbond substituents is 1. The van der Waals surface area contributed by atoms with Gasteiger partial charge in [0.2, 0.25) is 0 Å². The van der Waals surface area contributed by atoms with Gasteiger partial charge in [-0.05, 0) is 48.3 Å². The Morgan fingerprint density at radius 3 is 2.28 bits per heavy atom. The number of aromatic hydroxyl groups is 1. The van der Waals surface area contributed by atoms with Crippen LogP contribution in [0.15, 0.2) is 42.5 Å². The molecular weight excluding hydrogens is 318 g/mol. The van der Waals surface area contributed by atoms with Crippen molar-refractivity contribution in [2.24, 2.45) is 0 Å². The minimum Gasteiger partial charge on any atom is -0.507 e. The molecule has 134 valence electrons. The van der Waals surface area contributed by atoms with Crippen LogP contribution in [-0.2, 0) is 6.42 Å². The van der Waals surface area contributed by atoms with Crippen LogP contribution in [0.1, 0.15) is 56.1 Å². The smallest absolute Gasteiger partial charge is 0.126 e. The second kappa shape index (κ2) is 7.99. The zero-order valence-corrected chi connectivity index (χ0v) is 14.7. The minimum atomic E-state index is -1.13. The molecule has 0 aliphatic heterocycles. The van der Waals surface area contributed by atoms with Gasteiger partial charge in [-0.2, -0.15) is 0 Å². The summed E-state index contributed by atoms with van der Waals surface area (Å²) in [4.78, 5) is 0. The summed E-state index contributed by atoms with van der Waals surface area (Å²) in [6.07, 6.45) is 1.68. The topological polar surface area (TPSA) is 20.2 Å². The summed E-state index contributed by atoms with van der Waals surface area (Å²) in [5.41, 5.74) is 3.62. The van der Waals surface area contributed by atoms with Gasteiger partial charge in [-0.25, -0.2) is 8.78 Å². The minimum absolute atomic E-state index is 0.0177. The average molecular weight is 344 g/mol. The fraction of sp³-hybridized carbons (Fsp3) is 0.455. The third-order valence-corrected chi connectivity index (χ3v) is 5.18. The van der Waals surface area contributed by atoms with Crippen LogP contribution in [0, 0.1) is 0 Å². The van der Waals surface area contributed by atoms with E-state index in [1.165, 1.54) is 5.56 Å². The molecule has 1 N–H and O–H groups in total. The molecule has 2 unspecified atom stereocenters. The van der Waals surface area contributed by atoms with Crippen LogP contribution in [0.25, 0.3) is 11.1 Å². The quantitative estimate of drug-likeness (QED) is 0.670. The molecule has 0 radical (unpaired) electrons. The van der Waals surface area contributed by atoms with Crippen LogP contribution in [0.5, 0.6) is 5.75 Å². The number of unbranched alkanes of at least 4 members (excludes halogenated alkanes) is 1. The van der Waals surface area contributed by atoms with E-state index in [-0.39, 0.29) is 30.9 Å². The molecule has 0 amide bonds. The first-order chi connectivity index (χ1) is 12.1. The van der Waals surface area contributed by atoms with Crippen molar-refractivity contribution in [1.82, 2.24) is 0 Å². The molecule has 3 rings (SSSR count). The molecule has 2 aromatic carbocycles. The van der Waals surface area contributed by atoms with Gasteiger partial charge >= 0.3 is 0 Å². The van der Waals surface area contributed by atoms with E-state index in [2.05, 4.69) is 19.1 Å². The van der Waals surface area contributed by atoms with Gasteiger partial charge in [-0.3, -0.25) is 0 Å². The van der Waals surface area contributed by atoms with Crippen LogP contribution in [-0.4, -0.2) is 17.4 Å². The van der Waals surface area contributed by atoms with E-state index < -0.39 is 12.3 Å². The normalized spacial score (nSPS) is 23.6. The molecular formula is C22H26F2O. The van der Waals surface area contributed by atoms with Crippen LogP contribution in [0.2, 0.25) is 0 Å². The van der Waals surface area contributed by atoms with Crippen molar-refractivity contribution >= 4 is 0 Å². The number of alkyl halides is 2. The summed E-state index contributed by atoms with van der Waals surface area (Å²) in [5, 5.41) is 10.7. The molecule has 1 nitrogen and oxygen atoms in total. The van der Waals surface area contributed by atoms with E-state index in [1.54, 1.807) is 6.07 Å². The molecule has 1 fully saturated rings. The number of hydrogen-bond acceptors (Lipinski definition) is 1. The fourth-order valence-corrected chi connectivity index (χ4v) is 3.79. The van der Waals surface area contributed by atoms with Gasteiger partial charge in [-0.15, -0.1) is 0 Å². The van der Waals surface area contributed by atoms with Gasteiger partial charge in [-0.1, -0.05) is 55.8 Å². The van der Waals surface area contributed by atoms with Crippen molar-refractivity contribution in [3.8, 4) is 16.9 Å². The highest BCUT2D eigenvalue weighted by Crippen LogP contribution is 2.42. The van der Waals surface area contributed by atoms with Crippen LogP contribution in [0.4, 0.5) is 8.78 Å². The molecule has 0 aromatic heterocycles. The number of benzene rings is 2. The Morgan fingerprint density at radius 1 is 0.960 bits per heavy atom.